The van der Waals surface area contributed by atoms with Crippen molar-refractivity contribution in [3.8, 4) is 5.75 Å². The number of halogens is 2. The largest absolute Gasteiger partial charge is 0.494 e. The average molecular weight is 405 g/mol. The van der Waals surface area contributed by atoms with Gasteiger partial charge in [-0.2, -0.15) is 0 Å². The maximum atomic E-state index is 12.9. The molecule has 0 radical (unpaired) electrons. The van der Waals surface area contributed by atoms with Gasteiger partial charge >= 0.3 is 0 Å². The van der Waals surface area contributed by atoms with Crippen LogP contribution in [0, 0.1) is 5.82 Å². The fourth-order valence-electron chi connectivity index (χ4n) is 3.91. The predicted octanol–water partition coefficient (Wildman–Crippen LogP) is 4.64. The molecule has 0 amide bonds. The highest BCUT2D eigenvalue weighted by molar-refractivity contribution is 9.10. The zero-order valence-corrected chi connectivity index (χ0v) is 15.6. The van der Waals surface area contributed by atoms with Crippen molar-refractivity contribution in [2.75, 3.05) is 31.6 Å². The van der Waals surface area contributed by atoms with Crippen molar-refractivity contribution in [2.45, 2.75) is 24.8 Å². The van der Waals surface area contributed by atoms with E-state index < -0.39 is 0 Å². The third-order valence-corrected chi connectivity index (χ3v) is 5.83. The summed E-state index contributed by atoms with van der Waals surface area (Å²) in [5.41, 5.74) is 2.71. The minimum absolute atomic E-state index is 0.229. The first-order chi connectivity index (χ1) is 12.2. The lowest BCUT2D eigenvalue weighted by atomic mass is 9.89. The van der Waals surface area contributed by atoms with Crippen LogP contribution in [0.3, 0.4) is 0 Å². The van der Waals surface area contributed by atoms with Gasteiger partial charge in [0, 0.05) is 36.1 Å². The molecule has 0 bridgehead atoms. The average Bonchev–Trinajstić information content (AvgIpc) is 3.00. The van der Waals surface area contributed by atoms with Crippen LogP contribution < -0.4 is 10.1 Å². The normalized spacial score (nSPS) is 22.2. The monoisotopic (exact) mass is 404 g/mol. The van der Waals surface area contributed by atoms with Crippen LogP contribution in [0.25, 0.3) is 0 Å². The van der Waals surface area contributed by atoms with Gasteiger partial charge in [-0.25, -0.2) is 4.39 Å². The summed E-state index contributed by atoms with van der Waals surface area (Å²) in [5, 5.41) is 3.69. The van der Waals surface area contributed by atoms with Crippen LogP contribution in [-0.4, -0.2) is 37.2 Å². The number of hydrogen-bond donors (Lipinski definition) is 1. The molecule has 1 N–H and O–H groups in total. The Morgan fingerprint density at radius 3 is 2.88 bits per heavy atom. The number of nitrogens with zero attached hydrogens (tertiary/aromatic N) is 1. The van der Waals surface area contributed by atoms with Crippen LogP contribution in [0.4, 0.5) is 10.1 Å². The molecule has 2 heterocycles. The lowest BCUT2D eigenvalue weighted by molar-refractivity contribution is 0.185. The van der Waals surface area contributed by atoms with E-state index >= 15 is 0 Å². The minimum Gasteiger partial charge on any atom is -0.494 e. The fraction of sp³-hybridized carbons (Fsp3) is 0.400. The predicted molar refractivity (Wildman–Crippen MR) is 102 cm³/mol. The second kappa shape index (κ2) is 7.34. The highest BCUT2D eigenvalue weighted by Crippen LogP contribution is 2.43. The zero-order chi connectivity index (χ0) is 17.2. The van der Waals surface area contributed by atoms with Crippen molar-refractivity contribution < 1.29 is 9.13 Å². The summed E-state index contributed by atoms with van der Waals surface area (Å²) in [7, 11) is 0. The molecule has 1 saturated heterocycles. The molecule has 4 rings (SSSR count). The lowest BCUT2D eigenvalue weighted by Gasteiger charge is -2.35. The number of hydrogen-bond acceptors (Lipinski definition) is 3. The molecule has 0 aliphatic carbocycles. The molecule has 2 aliphatic heterocycles. The maximum Gasteiger partial charge on any atom is 0.123 e. The first-order valence-corrected chi connectivity index (χ1v) is 9.66. The number of benzene rings is 2. The van der Waals surface area contributed by atoms with Crippen LogP contribution in [-0.2, 0) is 0 Å². The fourth-order valence-corrected chi connectivity index (χ4v) is 4.40. The standard InChI is InChI=1S/C20H22BrFN2O/c21-18-4-1-3-16-17-13-24(11-9-19(17)23-20(16)18)10-2-12-25-15-7-5-14(22)6-8-15/h1,3-8,17,19,23H,2,9-13H2/t17-,19-/m0/s1. The molecule has 2 aliphatic rings. The molecule has 2 aromatic rings. The molecular formula is C20H22BrFN2O. The maximum absolute atomic E-state index is 12.9. The van der Waals surface area contributed by atoms with Crippen molar-refractivity contribution in [3.63, 3.8) is 0 Å². The van der Waals surface area contributed by atoms with Crippen molar-refractivity contribution in [3.05, 3.63) is 58.3 Å². The molecule has 1 fully saturated rings. The Labute approximate surface area is 156 Å². The van der Waals surface area contributed by atoms with Crippen LogP contribution in [0.15, 0.2) is 46.9 Å². The Kier molecular flexibility index (Phi) is 4.95. The van der Waals surface area contributed by atoms with Crippen molar-refractivity contribution in [1.82, 2.24) is 4.90 Å². The molecular weight excluding hydrogens is 383 g/mol. The summed E-state index contributed by atoms with van der Waals surface area (Å²) < 4.78 is 19.7. The third kappa shape index (κ3) is 3.67. The van der Waals surface area contributed by atoms with Crippen LogP contribution in [0.1, 0.15) is 24.3 Å². The Morgan fingerprint density at radius 1 is 1.20 bits per heavy atom. The minimum atomic E-state index is -0.229. The molecule has 25 heavy (non-hydrogen) atoms. The molecule has 3 nitrogen and oxygen atoms in total. The topological polar surface area (TPSA) is 24.5 Å². The number of piperidine rings is 1. The van der Waals surface area contributed by atoms with E-state index in [2.05, 4.69) is 44.3 Å². The van der Waals surface area contributed by atoms with E-state index in [4.69, 9.17) is 4.74 Å². The molecule has 0 unspecified atom stereocenters. The quantitative estimate of drug-likeness (QED) is 0.734. The van der Waals surface area contributed by atoms with Crippen LogP contribution in [0.5, 0.6) is 5.75 Å². The highest BCUT2D eigenvalue weighted by atomic mass is 79.9. The van der Waals surface area contributed by atoms with Gasteiger partial charge < -0.3 is 15.0 Å². The van der Waals surface area contributed by atoms with Gasteiger partial charge in [0.25, 0.3) is 0 Å². The summed E-state index contributed by atoms with van der Waals surface area (Å²) in [4.78, 5) is 2.53. The molecule has 0 aromatic heterocycles. The van der Waals surface area contributed by atoms with Crippen LogP contribution >= 0.6 is 15.9 Å². The number of anilines is 1. The number of fused-ring (bicyclic) bond motifs is 3. The van der Waals surface area contributed by atoms with Crippen LogP contribution in [0.2, 0.25) is 0 Å². The van der Waals surface area contributed by atoms with Gasteiger partial charge in [-0.15, -0.1) is 0 Å². The summed E-state index contributed by atoms with van der Waals surface area (Å²) in [6.45, 7) is 3.92. The summed E-state index contributed by atoms with van der Waals surface area (Å²) >= 11 is 3.66. The lowest BCUT2D eigenvalue weighted by Crippen LogP contribution is -2.42. The van der Waals surface area contributed by atoms with Gasteiger partial charge in [-0.1, -0.05) is 12.1 Å². The van der Waals surface area contributed by atoms with E-state index in [1.54, 1.807) is 12.1 Å². The Morgan fingerprint density at radius 2 is 2.04 bits per heavy atom. The van der Waals surface area contributed by atoms with Crippen molar-refractivity contribution in [2.24, 2.45) is 0 Å². The third-order valence-electron chi connectivity index (χ3n) is 5.17. The van der Waals surface area contributed by atoms with E-state index in [0.717, 1.165) is 31.8 Å². The second-order valence-electron chi connectivity index (χ2n) is 6.81. The van der Waals surface area contributed by atoms with E-state index in [1.807, 2.05) is 0 Å². The Bertz CT molecular complexity index is 737. The van der Waals surface area contributed by atoms with Gasteiger partial charge in [0.15, 0.2) is 0 Å². The number of para-hydroxylation sites is 1. The van der Waals surface area contributed by atoms with Gasteiger partial charge in [0.2, 0.25) is 0 Å². The highest BCUT2D eigenvalue weighted by Gasteiger charge is 2.37. The molecule has 2 aromatic carbocycles. The Balaban J connectivity index is 1.28. The molecule has 2 atom stereocenters. The summed E-state index contributed by atoms with van der Waals surface area (Å²) in [5.74, 6) is 1.07. The van der Waals surface area contributed by atoms with Gasteiger partial charge in [-0.3, -0.25) is 0 Å². The second-order valence-corrected chi connectivity index (χ2v) is 7.66. The first kappa shape index (κ1) is 16.9. The summed E-state index contributed by atoms with van der Waals surface area (Å²) in [6.07, 6.45) is 2.15. The number of rotatable bonds is 5. The number of ether oxygens (including phenoxy) is 1. The van der Waals surface area contributed by atoms with Crippen molar-refractivity contribution >= 4 is 21.6 Å². The van der Waals surface area contributed by atoms with Crippen molar-refractivity contribution in [1.29, 1.82) is 0 Å². The number of nitrogens with one attached hydrogen (secondary N) is 1. The zero-order valence-electron chi connectivity index (χ0n) is 14.1. The first-order valence-electron chi connectivity index (χ1n) is 8.86. The van der Waals surface area contributed by atoms with E-state index in [0.29, 0.717) is 18.6 Å². The molecule has 0 saturated carbocycles. The van der Waals surface area contributed by atoms with E-state index in [9.17, 15) is 4.39 Å². The van der Waals surface area contributed by atoms with Gasteiger partial charge in [-0.05, 0) is 64.7 Å². The molecule has 5 heteroatoms. The molecule has 132 valence electrons. The smallest absolute Gasteiger partial charge is 0.123 e. The van der Waals surface area contributed by atoms with E-state index in [1.165, 1.54) is 34.3 Å². The van der Waals surface area contributed by atoms with Gasteiger partial charge in [0.1, 0.15) is 11.6 Å². The SMILES string of the molecule is Fc1ccc(OCCCN2CC[C@@H]3Nc4c(Br)cccc4[C@@H]3C2)cc1. The van der Waals surface area contributed by atoms with E-state index in [-0.39, 0.29) is 5.82 Å². The van der Waals surface area contributed by atoms with Gasteiger partial charge in [0.05, 0.1) is 12.3 Å². The molecule has 0 spiro atoms. The Hall–Kier alpha value is -1.59. The number of likely N-dealkylation sites (tertiary alicyclic amines) is 1. The summed E-state index contributed by atoms with van der Waals surface area (Å²) in [6, 6.07) is 13.3.